The van der Waals surface area contributed by atoms with E-state index in [0.717, 1.165) is 19.3 Å². The van der Waals surface area contributed by atoms with E-state index in [1.807, 2.05) is 6.92 Å². The standard InChI is InChI=1S/C12H21NO2/c1-4-8(5-2)10-7-11(14)13-12(15)9(10)6-3/h8-10H,4-7H2,1-3H3,(H,13,14,15). The quantitative estimate of drug-likeness (QED) is 0.724. The lowest BCUT2D eigenvalue weighted by atomic mass is 9.73. The summed E-state index contributed by atoms with van der Waals surface area (Å²) in [5.74, 6) is 0.635. The first-order valence-electron chi connectivity index (χ1n) is 5.97. The zero-order valence-electron chi connectivity index (χ0n) is 9.88. The summed E-state index contributed by atoms with van der Waals surface area (Å²) < 4.78 is 0. The minimum absolute atomic E-state index is 0.0348. The number of hydrogen-bond donors (Lipinski definition) is 1. The third kappa shape index (κ3) is 2.58. The van der Waals surface area contributed by atoms with Gasteiger partial charge < -0.3 is 0 Å². The smallest absolute Gasteiger partial charge is 0.229 e. The van der Waals surface area contributed by atoms with Gasteiger partial charge in [0.1, 0.15) is 0 Å². The summed E-state index contributed by atoms with van der Waals surface area (Å²) in [6.45, 7) is 6.30. The van der Waals surface area contributed by atoms with Crippen molar-refractivity contribution in [3.63, 3.8) is 0 Å². The van der Waals surface area contributed by atoms with E-state index in [4.69, 9.17) is 0 Å². The third-order valence-corrected chi connectivity index (χ3v) is 3.63. The molecule has 3 nitrogen and oxygen atoms in total. The zero-order valence-corrected chi connectivity index (χ0v) is 9.88. The first-order chi connectivity index (χ1) is 7.13. The summed E-state index contributed by atoms with van der Waals surface area (Å²) in [5, 5.41) is 2.44. The molecule has 2 unspecified atom stereocenters. The van der Waals surface area contributed by atoms with Crippen molar-refractivity contribution in [2.75, 3.05) is 0 Å². The molecule has 15 heavy (non-hydrogen) atoms. The van der Waals surface area contributed by atoms with Crippen molar-refractivity contribution in [2.24, 2.45) is 17.8 Å². The molecule has 0 aliphatic carbocycles. The van der Waals surface area contributed by atoms with Crippen LogP contribution in [0.25, 0.3) is 0 Å². The summed E-state index contributed by atoms with van der Waals surface area (Å²) in [7, 11) is 0. The number of amides is 2. The zero-order chi connectivity index (χ0) is 11.4. The van der Waals surface area contributed by atoms with Crippen molar-refractivity contribution in [3.8, 4) is 0 Å². The maximum Gasteiger partial charge on any atom is 0.229 e. The Hall–Kier alpha value is -0.860. The summed E-state index contributed by atoms with van der Waals surface area (Å²) in [6, 6.07) is 0. The Morgan fingerprint density at radius 3 is 2.33 bits per heavy atom. The van der Waals surface area contributed by atoms with Gasteiger partial charge in [0, 0.05) is 12.3 Å². The van der Waals surface area contributed by atoms with Crippen molar-refractivity contribution < 1.29 is 9.59 Å². The third-order valence-electron chi connectivity index (χ3n) is 3.63. The lowest BCUT2D eigenvalue weighted by Gasteiger charge is -2.34. The number of hydrogen-bond acceptors (Lipinski definition) is 2. The highest BCUT2D eigenvalue weighted by atomic mass is 16.2. The van der Waals surface area contributed by atoms with Gasteiger partial charge in [-0.2, -0.15) is 0 Å². The van der Waals surface area contributed by atoms with Crippen LogP contribution in [-0.4, -0.2) is 11.8 Å². The van der Waals surface area contributed by atoms with E-state index in [0.29, 0.717) is 12.3 Å². The van der Waals surface area contributed by atoms with Crippen LogP contribution in [0.2, 0.25) is 0 Å². The molecule has 2 atom stereocenters. The first kappa shape index (κ1) is 12.2. The fraction of sp³-hybridized carbons (Fsp3) is 0.833. The summed E-state index contributed by atoms with van der Waals surface area (Å²) in [4.78, 5) is 23.0. The van der Waals surface area contributed by atoms with Gasteiger partial charge in [0.2, 0.25) is 11.8 Å². The van der Waals surface area contributed by atoms with Gasteiger partial charge in [0.25, 0.3) is 0 Å². The Balaban J connectivity index is 2.81. The van der Waals surface area contributed by atoms with Gasteiger partial charge in [-0.1, -0.05) is 33.6 Å². The summed E-state index contributed by atoms with van der Waals surface area (Å²) in [6.07, 6.45) is 3.47. The van der Waals surface area contributed by atoms with Crippen LogP contribution < -0.4 is 5.32 Å². The molecule has 0 aromatic carbocycles. The van der Waals surface area contributed by atoms with Crippen molar-refractivity contribution in [1.82, 2.24) is 5.32 Å². The molecule has 1 aliphatic rings. The Labute approximate surface area is 91.6 Å². The van der Waals surface area contributed by atoms with E-state index in [1.165, 1.54) is 0 Å². The van der Waals surface area contributed by atoms with Crippen molar-refractivity contribution in [2.45, 2.75) is 46.5 Å². The molecule has 1 fully saturated rings. The highest BCUT2D eigenvalue weighted by Crippen LogP contribution is 2.33. The maximum absolute atomic E-state index is 11.7. The van der Waals surface area contributed by atoms with Gasteiger partial charge in [-0.3, -0.25) is 14.9 Å². The van der Waals surface area contributed by atoms with E-state index in [-0.39, 0.29) is 23.7 Å². The topological polar surface area (TPSA) is 46.2 Å². The minimum Gasteiger partial charge on any atom is -0.296 e. The van der Waals surface area contributed by atoms with Gasteiger partial charge in [0.05, 0.1) is 0 Å². The lowest BCUT2D eigenvalue weighted by Crippen LogP contribution is -2.47. The number of nitrogens with one attached hydrogen (secondary N) is 1. The number of carbonyl (C=O) groups is 2. The molecule has 1 heterocycles. The first-order valence-corrected chi connectivity index (χ1v) is 5.97. The normalized spacial score (nSPS) is 26.9. The van der Waals surface area contributed by atoms with E-state index >= 15 is 0 Å². The molecule has 1 N–H and O–H groups in total. The monoisotopic (exact) mass is 211 g/mol. The van der Waals surface area contributed by atoms with Crippen LogP contribution in [-0.2, 0) is 9.59 Å². The van der Waals surface area contributed by atoms with Crippen LogP contribution in [0.1, 0.15) is 46.5 Å². The minimum atomic E-state index is -0.0957. The predicted molar refractivity (Wildman–Crippen MR) is 59.1 cm³/mol. The fourth-order valence-electron chi connectivity index (χ4n) is 2.71. The number of imide groups is 1. The Morgan fingerprint density at radius 2 is 1.87 bits per heavy atom. The van der Waals surface area contributed by atoms with Crippen LogP contribution in [0, 0.1) is 17.8 Å². The number of rotatable bonds is 4. The van der Waals surface area contributed by atoms with Gasteiger partial charge in [0.15, 0.2) is 0 Å². The molecule has 86 valence electrons. The Kier molecular flexibility index (Phi) is 4.30. The molecule has 0 aromatic rings. The maximum atomic E-state index is 11.7. The summed E-state index contributed by atoms with van der Waals surface area (Å²) in [5.41, 5.74) is 0. The average molecular weight is 211 g/mol. The SMILES string of the molecule is CCC(CC)C1CC(=O)NC(=O)C1CC. The van der Waals surface area contributed by atoms with Crippen LogP contribution in [0.4, 0.5) is 0 Å². The molecule has 0 saturated carbocycles. The highest BCUT2D eigenvalue weighted by Gasteiger charge is 2.37. The summed E-state index contributed by atoms with van der Waals surface area (Å²) >= 11 is 0. The van der Waals surface area contributed by atoms with E-state index in [9.17, 15) is 9.59 Å². The van der Waals surface area contributed by atoms with Gasteiger partial charge in [-0.25, -0.2) is 0 Å². The lowest BCUT2D eigenvalue weighted by molar-refractivity contribution is -0.140. The molecule has 0 radical (unpaired) electrons. The highest BCUT2D eigenvalue weighted by molar-refractivity contribution is 5.99. The largest absolute Gasteiger partial charge is 0.296 e. The second kappa shape index (κ2) is 5.29. The fourth-order valence-corrected chi connectivity index (χ4v) is 2.71. The molecule has 1 rings (SSSR count). The molecule has 1 aliphatic heterocycles. The van der Waals surface area contributed by atoms with Crippen molar-refractivity contribution in [1.29, 1.82) is 0 Å². The van der Waals surface area contributed by atoms with Crippen LogP contribution in [0.15, 0.2) is 0 Å². The second-order valence-electron chi connectivity index (χ2n) is 4.37. The van der Waals surface area contributed by atoms with E-state index < -0.39 is 0 Å². The number of piperidine rings is 1. The Morgan fingerprint density at radius 1 is 1.27 bits per heavy atom. The predicted octanol–water partition coefficient (Wildman–Crippen LogP) is 2.11. The molecule has 0 aromatic heterocycles. The average Bonchev–Trinajstić information content (AvgIpc) is 2.19. The van der Waals surface area contributed by atoms with Crippen LogP contribution in [0.5, 0.6) is 0 Å². The van der Waals surface area contributed by atoms with Crippen molar-refractivity contribution in [3.05, 3.63) is 0 Å². The van der Waals surface area contributed by atoms with E-state index in [1.54, 1.807) is 0 Å². The molecular formula is C12H21NO2. The molecule has 0 spiro atoms. The molecule has 2 amide bonds. The van der Waals surface area contributed by atoms with Gasteiger partial charge >= 0.3 is 0 Å². The molecule has 1 saturated heterocycles. The second-order valence-corrected chi connectivity index (χ2v) is 4.37. The van der Waals surface area contributed by atoms with Gasteiger partial charge in [-0.15, -0.1) is 0 Å². The van der Waals surface area contributed by atoms with Crippen molar-refractivity contribution >= 4 is 11.8 Å². The van der Waals surface area contributed by atoms with Crippen LogP contribution >= 0.6 is 0 Å². The molecular weight excluding hydrogens is 190 g/mol. The number of carbonyl (C=O) groups excluding carboxylic acids is 2. The van der Waals surface area contributed by atoms with E-state index in [2.05, 4.69) is 19.2 Å². The Bertz CT molecular complexity index is 246. The van der Waals surface area contributed by atoms with Crippen LogP contribution in [0.3, 0.4) is 0 Å². The van der Waals surface area contributed by atoms with Gasteiger partial charge in [-0.05, 0) is 18.3 Å². The molecule has 3 heteroatoms. The molecule has 0 bridgehead atoms.